The van der Waals surface area contributed by atoms with E-state index in [0.29, 0.717) is 35.0 Å². The van der Waals surface area contributed by atoms with Gasteiger partial charge in [0.05, 0.1) is 10.5 Å². The van der Waals surface area contributed by atoms with Crippen LogP contribution in [-0.2, 0) is 13.0 Å². The Bertz CT molecular complexity index is 767. The lowest BCUT2D eigenvalue weighted by Crippen LogP contribution is -2.06. The highest BCUT2D eigenvalue weighted by Crippen LogP contribution is 2.25. The number of aryl methyl sites for hydroxylation is 2. The maximum atomic E-state index is 13.6. The van der Waals surface area contributed by atoms with E-state index in [0.717, 1.165) is 5.52 Å². The minimum absolute atomic E-state index is 0.200. The van der Waals surface area contributed by atoms with E-state index in [2.05, 4.69) is 4.98 Å². The van der Waals surface area contributed by atoms with Crippen LogP contribution in [0.3, 0.4) is 0 Å². The van der Waals surface area contributed by atoms with Gasteiger partial charge in [-0.15, -0.1) is 0 Å². The highest BCUT2D eigenvalue weighted by Gasteiger charge is 2.11. The Hall–Kier alpha value is -2.07. The molecule has 5 heteroatoms. The lowest BCUT2D eigenvalue weighted by atomic mass is 10.1. The summed E-state index contributed by atoms with van der Waals surface area (Å²) in [6.45, 7) is 0.559. The van der Waals surface area contributed by atoms with E-state index in [-0.39, 0.29) is 5.82 Å². The maximum absolute atomic E-state index is 13.6. The van der Waals surface area contributed by atoms with E-state index in [1.807, 2.05) is 22.8 Å². The van der Waals surface area contributed by atoms with Crippen LogP contribution in [0.25, 0.3) is 11.0 Å². The molecule has 0 amide bonds. The molecule has 0 fully saturated rings. The predicted molar refractivity (Wildman–Crippen MR) is 79.3 cm³/mol. The first-order chi connectivity index (χ1) is 9.66. The number of para-hydroxylation sites is 1. The molecule has 1 heterocycles. The van der Waals surface area contributed by atoms with E-state index < -0.39 is 0 Å². The van der Waals surface area contributed by atoms with Crippen molar-refractivity contribution in [2.45, 2.75) is 13.0 Å². The lowest BCUT2D eigenvalue weighted by Gasteiger charge is -2.07. The van der Waals surface area contributed by atoms with Crippen molar-refractivity contribution in [1.82, 2.24) is 9.55 Å². The van der Waals surface area contributed by atoms with E-state index in [1.165, 1.54) is 6.07 Å². The van der Waals surface area contributed by atoms with Crippen molar-refractivity contribution < 1.29 is 4.39 Å². The second-order valence-corrected chi connectivity index (χ2v) is 4.98. The molecule has 0 aliphatic rings. The average molecular weight is 290 g/mol. The van der Waals surface area contributed by atoms with Crippen molar-refractivity contribution in [1.29, 1.82) is 0 Å². The summed E-state index contributed by atoms with van der Waals surface area (Å²) in [5.74, 6) is 0.193. The quantitative estimate of drug-likeness (QED) is 0.800. The number of hydrogen-bond acceptors (Lipinski definition) is 2. The molecular weight excluding hydrogens is 277 g/mol. The maximum Gasteiger partial charge on any atom is 0.201 e. The van der Waals surface area contributed by atoms with Gasteiger partial charge in [-0.2, -0.15) is 0 Å². The molecule has 0 radical (unpaired) electrons. The van der Waals surface area contributed by atoms with Gasteiger partial charge in [-0.25, -0.2) is 9.37 Å². The molecule has 0 atom stereocenters. The summed E-state index contributed by atoms with van der Waals surface area (Å²) in [6, 6.07) is 12.3. The summed E-state index contributed by atoms with van der Waals surface area (Å²) in [7, 11) is 0. The number of anilines is 1. The van der Waals surface area contributed by atoms with E-state index in [9.17, 15) is 4.39 Å². The van der Waals surface area contributed by atoms with Crippen LogP contribution in [0, 0.1) is 5.82 Å². The van der Waals surface area contributed by atoms with Gasteiger partial charge in [-0.1, -0.05) is 35.9 Å². The molecule has 2 N–H and O–H groups in total. The zero-order valence-electron chi connectivity index (χ0n) is 10.7. The number of imidazole rings is 1. The fraction of sp³-hybridized carbons (Fsp3) is 0.133. The first-order valence-corrected chi connectivity index (χ1v) is 6.68. The van der Waals surface area contributed by atoms with Crippen LogP contribution >= 0.6 is 11.6 Å². The fourth-order valence-electron chi connectivity index (χ4n) is 2.30. The highest BCUT2D eigenvalue weighted by molar-refractivity contribution is 6.35. The van der Waals surface area contributed by atoms with Crippen LogP contribution in [0.1, 0.15) is 5.56 Å². The molecular formula is C15H13ClFN3. The van der Waals surface area contributed by atoms with Gasteiger partial charge in [0.25, 0.3) is 0 Å². The Morgan fingerprint density at radius 2 is 1.95 bits per heavy atom. The minimum atomic E-state index is -0.200. The van der Waals surface area contributed by atoms with Crippen molar-refractivity contribution in [2.75, 3.05) is 5.73 Å². The summed E-state index contributed by atoms with van der Waals surface area (Å²) in [5, 5.41) is 0.568. The second-order valence-electron chi connectivity index (χ2n) is 4.57. The molecule has 3 rings (SSSR count). The van der Waals surface area contributed by atoms with Crippen molar-refractivity contribution in [3.8, 4) is 0 Å². The normalized spacial score (nSPS) is 11.1. The molecule has 0 saturated heterocycles. The van der Waals surface area contributed by atoms with Crippen LogP contribution in [0.5, 0.6) is 0 Å². The van der Waals surface area contributed by atoms with Gasteiger partial charge in [-0.05, 0) is 30.2 Å². The second kappa shape index (κ2) is 5.13. The van der Waals surface area contributed by atoms with Crippen LogP contribution in [0.2, 0.25) is 5.02 Å². The Kier molecular flexibility index (Phi) is 3.32. The summed E-state index contributed by atoms with van der Waals surface area (Å²) in [4.78, 5) is 4.26. The Balaban J connectivity index is 1.94. The molecule has 0 aliphatic heterocycles. The number of aromatic nitrogens is 2. The SMILES string of the molecule is Nc1nc2c(Cl)cccc2n1CCc1ccccc1F. The third-order valence-corrected chi connectivity index (χ3v) is 3.63. The monoisotopic (exact) mass is 289 g/mol. The molecule has 102 valence electrons. The molecule has 0 saturated carbocycles. The van der Waals surface area contributed by atoms with Gasteiger partial charge in [-0.3, -0.25) is 0 Å². The Labute approximate surface area is 120 Å². The number of nitrogen functional groups attached to an aromatic ring is 1. The first-order valence-electron chi connectivity index (χ1n) is 6.30. The summed E-state index contributed by atoms with van der Waals surface area (Å²) in [5.41, 5.74) is 8.13. The number of benzene rings is 2. The fourth-order valence-corrected chi connectivity index (χ4v) is 2.51. The Morgan fingerprint density at radius 3 is 2.75 bits per heavy atom. The predicted octanol–water partition coefficient (Wildman–Crippen LogP) is 3.65. The first kappa shape index (κ1) is 12.9. The zero-order chi connectivity index (χ0) is 14.1. The van der Waals surface area contributed by atoms with Gasteiger partial charge in [0.1, 0.15) is 11.3 Å². The van der Waals surface area contributed by atoms with Crippen molar-refractivity contribution in [3.05, 3.63) is 58.9 Å². The van der Waals surface area contributed by atoms with E-state index in [4.69, 9.17) is 17.3 Å². The van der Waals surface area contributed by atoms with Gasteiger partial charge in [0, 0.05) is 6.54 Å². The average Bonchev–Trinajstić information content (AvgIpc) is 2.76. The topological polar surface area (TPSA) is 43.8 Å². The van der Waals surface area contributed by atoms with E-state index >= 15 is 0 Å². The summed E-state index contributed by atoms with van der Waals surface area (Å²) in [6.07, 6.45) is 0.550. The molecule has 0 spiro atoms. The number of nitrogens with zero attached hydrogens (tertiary/aromatic N) is 2. The molecule has 2 aromatic carbocycles. The summed E-state index contributed by atoms with van der Waals surface area (Å²) >= 11 is 6.09. The van der Waals surface area contributed by atoms with Crippen LogP contribution < -0.4 is 5.73 Å². The van der Waals surface area contributed by atoms with Crippen LogP contribution in [0.15, 0.2) is 42.5 Å². The minimum Gasteiger partial charge on any atom is -0.369 e. The summed E-state index contributed by atoms with van der Waals surface area (Å²) < 4.78 is 15.5. The highest BCUT2D eigenvalue weighted by atomic mass is 35.5. The lowest BCUT2D eigenvalue weighted by molar-refractivity contribution is 0.597. The van der Waals surface area contributed by atoms with Crippen LogP contribution in [-0.4, -0.2) is 9.55 Å². The largest absolute Gasteiger partial charge is 0.369 e. The molecule has 1 aromatic heterocycles. The van der Waals surface area contributed by atoms with Gasteiger partial charge in [0.15, 0.2) is 0 Å². The van der Waals surface area contributed by atoms with Gasteiger partial charge < -0.3 is 10.3 Å². The smallest absolute Gasteiger partial charge is 0.201 e. The number of nitrogens with two attached hydrogens (primary N) is 1. The molecule has 3 nitrogen and oxygen atoms in total. The number of halogens is 2. The molecule has 20 heavy (non-hydrogen) atoms. The van der Waals surface area contributed by atoms with Gasteiger partial charge >= 0.3 is 0 Å². The Morgan fingerprint density at radius 1 is 1.15 bits per heavy atom. The van der Waals surface area contributed by atoms with Crippen molar-refractivity contribution in [3.63, 3.8) is 0 Å². The number of fused-ring (bicyclic) bond motifs is 1. The zero-order valence-corrected chi connectivity index (χ0v) is 11.4. The molecule has 0 aliphatic carbocycles. The standard InChI is InChI=1S/C15H13ClFN3/c16-11-5-3-7-13-14(11)19-15(18)20(13)9-8-10-4-1-2-6-12(10)17/h1-7H,8-9H2,(H2,18,19). The van der Waals surface area contributed by atoms with E-state index in [1.54, 1.807) is 18.2 Å². The number of rotatable bonds is 3. The molecule has 3 aromatic rings. The van der Waals surface area contributed by atoms with Crippen molar-refractivity contribution in [2.24, 2.45) is 0 Å². The number of hydrogen-bond donors (Lipinski definition) is 1. The van der Waals surface area contributed by atoms with Crippen LogP contribution in [0.4, 0.5) is 10.3 Å². The molecule has 0 unspecified atom stereocenters. The van der Waals surface area contributed by atoms with Crippen molar-refractivity contribution >= 4 is 28.6 Å². The third kappa shape index (κ3) is 2.23. The molecule has 0 bridgehead atoms. The van der Waals surface area contributed by atoms with Gasteiger partial charge in [0.2, 0.25) is 5.95 Å². The third-order valence-electron chi connectivity index (χ3n) is 3.32.